The molecule has 0 saturated heterocycles. The molecule has 57 heavy (non-hydrogen) atoms. The predicted molar refractivity (Wildman–Crippen MR) is 207 cm³/mol. The number of carbonyl (C=O) groups excluding carboxylic acids is 5. The number of fused-ring (bicyclic) bond motifs is 10. The first-order chi connectivity index (χ1) is 27.7. The number of allylic oxidation sites excluding steroid dienone is 10. The third-order valence-electron chi connectivity index (χ3n) is 15.1. The summed E-state index contributed by atoms with van der Waals surface area (Å²) in [7, 11) is 0. The van der Waals surface area contributed by atoms with Gasteiger partial charge in [-0.15, -0.1) is 0 Å². The summed E-state index contributed by atoms with van der Waals surface area (Å²) < 4.78 is 27.8. The Kier molecular flexibility index (Phi) is 11.3. The zero-order valence-electron chi connectivity index (χ0n) is 32.9. The molecule has 15 unspecified atom stereocenters. The minimum absolute atomic E-state index is 0.0494. The second kappa shape index (κ2) is 16.7. The maximum atomic E-state index is 12.7. The van der Waals surface area contributed by atoms with Crippen LogP contribution in [-0.4, -0.2) is 62.9 Å². The lowest BCUT2D eigenvalue weighted by Gasteiger charge is -2.23. The van der Waals surface area contributed by atoms with Crippen LogP contribution in [0.1, 0.15) is 70.6 Å². The van der Waals surface area contributed by atoms with Crippen LogP contribution in [0.2, 0.25) is 0 Å². The molecule has 306 valence electrons. The molecule has 0 aromatic heterocycles. The average Bonchev–Trinajstić information content (AvgIpc) is 4.09. The summed E-state index contributed by atoms with van der Waals surface area (Å²) in [5.41, 5.74) is 0. The van der Waals surface area contributed by atoms with E-state index in [1.165, 1.54) is 0 Å². The van der Waals surface area contributed by atoms with Crippen molar-refractivity contribution in [2.24, 2.45) is 94.7 Å². The molecule has 15 atom stereocenters. The van der Waals surface area contributed by atoms with Crippen LogP contribution in [0.3, 0.4) is 0 Å². The maximum absolute atomic E-state index is 12.7. The van der Waals surface area contributed by atoms with Crippen molar-refractivity contribution in [2.75, 3.05) is 33.0 Å². The van der Waals surface area contributed by atoms with Gasteiger partial charge in [-0.05, 0) is 123 Å². The molecular formula is C47H58O10. The van der Waals surface area contributed by atoms with E-state index in [1.807, 2.05) is 0 Å². The first-order valence-corrected chi connectivity index (χ1v) is 22.0. The fraction of sp³-hybridized carbons (Fsp3) is 0.681. The normalized spacial score (nSPS) is 40.1. The van der Waals surface area contributed by atoms with E-state index < -0.39 is 0 Å². The van der Waals surface area contributed by atoms with Crippen LogP contribution in [0, 0.1) is 94.7 Å². The highest BCUT2D eigenvalue weighted by atomic mass is 16.6. The third kappa shape index (κ3) is 8.47. The molecular weight excluding hydrogens is 725 g/mol. The second-order valence-corrected chi connectivity index (χ2v) is 18.9. The minimum Gasteiger partial charge on any atom is -0.465 e. The van der Waals surface area contributed by atoms with Crippen LogP contribution in [-0.2, 0) is 47.7 Å². The second-order valence-electron chi connectivity index (χ2n) is 18.9. The van der Waals surface area contributed by atoms with Crippen LogP contribution in [0.5, 0.6) is 0 Å². The van der Waals surface area contributed by atoms with Gasteiger partial charge in [0.15, 0.2) is 0 Å². The number of hydrogen-bond donors (Lipinski definition) is 0. The van der Waals surface area contributed by atoms with Crippen LogP contribution in [0.25, 0.3) is 0 Å². The van der Waals surface area contributed by atoms with Gasteiger partial charge in [-0.25, -0.2) is 0 Å². The van der Waals surface area contributed by atoms with E-state index in [-0.39, 0.29) is 103 Å². The summed E-state index contributed by atoms with van der Waals surface area (Å²) in [5, 5.41) is 0. The van der Waals surface area contributed by atoms with Gasteiger partial charge >= 0.3 is 29.8 Å². The Labute approximate surface area is 335 Å². The molecule has 5 saturated carbocycles. The van der Waals surface area contributed by atoms with Crippen molar-refractivity contribution in [3.8, 4) is 0 Å². The lowest BCUT2D eigenvalue weighted by molar-refractivity contribution is -0.160. The number of rotatable bonds is 15. The van der Waals surface area contributed by atoms with Crippen molar-refractivity contribution in [3.05, 3.63) is 60.8 Å². The van der Waals surface area contributed by atoms with Crippen molar-refractivity contribution >= 4 is 29.8 Å². The van der Waals surface area contributed by atoms with Crippen LogP contribution in [0.4, 0.5) is 0 Å². The Balaban J connectivity index is 0.000000160. The van der Waals surface area contributed by atoms with Gasteiger partial charge in [0.2, 0.25) is 0 Å². The smallest absolute Gasteiger partial charge is 0.309 e. The molecule has 0 N–H and O–H groups in total. The number of carbonyl (C=O) groups is 5. The van der Waals surface area contributed by atoms with Gasteiger partial charge in [0.1, 0.15) is 19.8 Å². The lowest BCUT2D eigenvalue weighted by Crippen LogP contribution is -2.32. The minimum atomic E-state index is -0.353. The highest BCUT2D eigenvalue weighted by Gasteiger charge is 2.45. The molecule has 0 spiro atoms. The Bertz CT molecular complexity index is 1560. The molecule has 10 heteroatoms. The van der Waals surface area contributed by atoms with Gasteiger partial charge in [0, 0.05) is 6.42 Å². The summed E-state index contributed by atoms with van der Waals surface area (Å²) in [4.78, 5) is 62.3. The van der Waals surface area contributed by atoms with Gasteiger partial charge in [0.05, 0.1) is 48.7 Å². The van der Waals surface area contributed by atoms with Crippen molar-refractivity contribution < 1.29 is 47.7 Å². The Hall–Kier alpha value is -3.95. The molecule has 0 heterocycles. The Morgan fingerprint density at radius 2 is 0.596 bits per heavy atom. The molecule has 10 rings (SSSR count). The molecule has 0 aromatic rings. The van der Waals surface area contributed by atoms with Crippen LogP contribution < -0.4 is 0 Å². The van der Waals surface area contributed by atoms with Gasteiger partial charge in [-0.1, -0.05) is 60.8 Å². The average molecular weight is 783 g/mol. The topological polar surface area (TPSA) is 132 Å². The van der Waals surface area contributed by atoms with E-state index in [1.54, 1.807) is 0 Å². The third-order valence-corrected chi connectivity index (χ3v) is 15.1. The maximum Gasteiger partial charge on any atom is 0.309 e. The van der Waals surface area contributed by atoms with E-state index in [0.717, 1.165) is 64.2 Å². The zero-order chi connectivity index (χ0) is 39.0. The van der Waals surface area contributed by atoms with Crippen molar-refractivity contribution in [1.29, 1.82) is 0 Å². The molecule has 0 amide bonds. The van der Waals surface area contributed by atoms with Crippen molar-refractivity contribution in [1.82, 2.24) is 0 Å². The summed E-state index contributed by atoms with van der Waals surface area (Å²) in [6, 6.07) is 0. The number of ether oxygens (including phenoxy) is 5. The summed E-state index contributed by atoms with van der Waals surface area (Å²) >= 11 is 0. The lowest BCUT2D eigenvalue weighted by atomic mass is 9.93. The van der Waals surface area contributed by atoms with Gasteiger partial charge in [0.25, 0.3) is 0 Å². The number of hydrogen-bond acceptors (Lipinski definition) is 10. The Morgan fingerprint density at radius 3 is 0.807 bits per heavy atom. The molecule has 0 aromatic carbocycles. The molecule has 0 radical (unpaired) electrons. The molecule has 10 aliphatic carbocycles. The fourth-order valence-electron chi connectivity index (χ4n) is 11.9. The van der Waals surface area contributed by atoms with Crippen LogP contribution in [0.15, 0.2) is 60.8 Å². The van der Waals surface area contributed by atoms with Crippen LogP contribution >= 0.6 is 0 Å². The Morgan fingerprint density at radius 1 is 0.351 bits per heavy atom. The fourth-order valence-corrected chi connectivity index (χ4v) is 11.9. The standard InChI is InChI=1S/C28H34O6.C19H24O4/c29-26(23-10-16-1-4-20(23)7-16)32-13-19(14-33-27(30)24-11-17-2-5-21(24)8-17)15-34-28(31)25-12-18-3-6-22(25)9-18;20-18(16-10-12-2-4-14(16)8-12)22-6-1-7-23-19(21)17-11-13-3-5-15(17)9-13/h1-6,16-25H,7-15H2;2-5,12-17H,1,6-11H2. The monoisotopic (exact) mass is 782 g/mol. The summed E-state index contributed by atoms with van der Waals surface area (Å²) in [6.45, 7) is 0.999. The largest absolute Gasteiger partial charge is 0.465 e. The number of esters is 5. The van der Waals surface area contributed by atoms with Gasteiger partial charge in [-0.2, -0.15) is 0 Å². The SMILES string of the molecule is O=C(OCC(COC(=O)C1CC2C=CC1C2)COC(=O)C1CC2C=CC1C2)C1CC2C=CC1C2.O=C(OCCCOC(=O)C1CC2C=CC1C2)C1CC2C=CC1C2. The van der Waals surface area contributed by atoms with E-state index in [0.29, 0.717) is 61.1 Å². The van der Waals surface area contributed by atoms with Gasteiger partial charge < -0.3 is 23.7 Å². The highest BCUT2D eigenvalue weighted by Crippen LogP contribution is 2.47. The van der Waals surface area contributed by atoms with E-state index >= 15 is 0 Å². The van der Waals surface area contributed by atoms with Gasteiger partial charge in [-0.3, -0.25) is 24.0 Å². The highest BCUT2D eigenvalue weighted by molar-refractivity contribution is 5.76. The summed E-state index contributed by atoms with van der Waals surface area (Å²) in [6.07, 6.45) is 32.1. The van der Waals surface area contributed by atoms with Crippen molar-refractivity contribution in [2.45, 2.75) is 70.6 Å². The van der Waals surface area contributed by atoms with Crippen molar-refractivity contribution in [3.63, 3.8) is 0 Å². The molecule has 10 aliphatic rings. The van der Waals surface area contributed by atoms with E-state index in [2.05, 4.69) is 60.8 Å². The molecule has 10 bridgehead atoms. The quantitative estimate of drug-likeness (QED) is 0.0761. The molecule has 10 nitrogen and oxygen atoms in total. The van der Waals surface area contributed by atoms with E-state index in [9.17, 15) is 24.0 Å². The van der Waals surface area contributed by atoms with E-state index in [4.69, 9.17) is 23.7 Å². The first-order valence-electron chi connectivity index (χ1n) is 22.0. The summed E-state index contributed by atoms with van der Waals surface area (Å²) in [5.74, 6) is 3.04. The predicted octanol–water partition coefficient (Wildman–Crippen LogP) is 6.76. The first kappa shape index (κ1) is 38.6. The molecule has 0 aliphatic heterocycles. The molecule has 5 fully saturated rings. The zero-order valence-corrected chi connectivity index (χ0v) is 32.9.